The molecule has 0 unspecified atom stereocenters. The van der Waals surface area contributed by atoms with Crippen molar-refractivity contribution < 1.29 is 13.3 Å². The molecular formula is C21H34N4O4S. The zero-order chi connectivity index (χ0) is 22.2. The Morgan fingerprint density at radius 1 is 1.07 bits per heavy atom. The largest absolute Gasteiger partial charge is 0.377 e. The molecule has 1 aromatic rings. The van der Waals surface area contributed by atoms with Gasteiger partial charge in [0.1, 0.15) is 5.69 Å². The number of benzene rings is 1. The number of nitro benzene ring substituents is 1. The molecule has 8 nitrogen and oxygen atoms in total. The highest BCUT2D eigenvalue weighted by Crippen LogP contribution is 2.34. The average molecular weight is 439 g/mol. The maximum Gasteiger partial charge on any atom is 0.293 e. The highest BCUT2D eigenvalue weighted by atomic mass is 32.2. The van der Waals surface area contributed by atoms with Crippen LogP contribution in [0.1, 0.15) is 66.2 Å². The number of piperidine rings is 1. The molecule has 9 heteroatoms. The third kappa shape index (κ3) is 5.31. The Morgan fingerprint density at radius 3 is 2.17 bits per heavy atom. The molecule has 0 radical (unpaired) electrons. The Labute approximate surface area is 179 Å². The number of nitrogens with one attached hydrogen (secondary N) is 2. The molecule has 0 atom stereocenters. The Kier molecular flexibility index (Phi) is 6.46. The number of hydrogen-bond donors (Lipinski definition) is 2. The van der Waals surface area contributed by atoms with Gasteiger partial charge in [-0.25, -0.2) is 8.42 Å². The zero-order valence-corrected chi connectivity index (χ0v) is 19.2. The van der Waals surface area contributed by atoms with Gasteiger partial charge in [0.2, 0.25) is 10.0 Å². The summed E-state index contributed by atoms with van der Waals surface area (Å²) < 4.78 is 27.6. The van der Waals surface area contributed by atoms with Crippen molar-refractivity contribution in [3.8, 4) is 0 Å². The van der Waals surface area contributed by atoms with Crippen molar-refractivity contribution in [2.45, 2.75) is 88.2 Å². The molecule has 0 spiro atoms. The van der Waals surface area contributed by atoms with Crippen LogP contribution in [-0.4, -0.2) is 47.9 Å². The second-order valence-corrected chi connectivity index (χ2v) is 11.8. The minimum atomic E-state index is -3.74. The molecule has 30 heavy (non-hydrogen) atoms. The van der Waals surface area contributed by atoms with Crippen molar-refractivity contribution in [1.82, 2.24) is 9.62 Å². The van der Waals surface area contributed by atoms with Gasteiger partial charge in [-0.1, -0.05) is 12.8 Å². The van der Waals surface area contributed by atoms with Gasteiger partial charge in [0, 0.05) is 36.3 Å². The first-order valence-corrected chi connectivity index (χ1v) is 12.2. The van der Waals surface area contributed by atoms with Crippen molar-refractivity contribution in [1.29, 1.82) is 0 Å². The van der Waals surface area contributed by atoms with Gasteiger partial charge >= 0.3 is 0 Å². The molecule has 0 aromatic heterocycles. The van der Waals surface area contributed by atoms with Gasteiger partial charge < -0.3 is 10.6 Å². The van der Waals surface area contributed by atoms with Crippen molar-refractivity contribution >= 4 is 21.4 Å². The second-order valence-electron chi connectivity index (χ2n) is 9.90. The summed E-state index contributed by atoms with van der Waals surface area (Å²) in [7, 11) is -3.74. The smallest absolute Gasteiger partial charge is 0.293 e. The molecule has 2 aliphatic heterocycles. The molecule has 2 N–H and O–H groups in total. The van der Waals surface area contributed by atoms with E-state index in [1.165, 1.54) is 16.4 Å². The van der Waals surface area contributed by atoms with E-state index >= 15 is 0 Å². The monoisotopic (exact) mass is 438 g/mol. The summed E-state index contributed by atoms with van der Waals surface area (Å²) >= 11 is 0. The minimum Gasteiger partial charge on any atom is -0.377 e. The Morgan fingerprint density at radius 2 is 1.63 bits per heavy atom. The Hall–Kier alpha value is -1.71. The minimum absolute atomic E-state index is 0.00683. The van der Waals surface area contributed by atoms with E-state index < -0.39 is 14.9 Å². The number of hydrogen-bond acceptors (Lipinski definition) is 6. The maximum atomic E-state index is 13.1. The first-order chi connectivity index (χ1) is 13.9. The Balaban J connectivity index is 1.88. The third-order valence-electron chi connectivity index (χ3n) is 5.92. The summed E-state index contributed by atoms with van der Waals surface area (Å²) in [5.74, 6) is 0. The first-order valence-electron chi connectivity index (χ1n) is 10.7. The van der Waals surface area contributed by atoms with Crippen LogP contribution in [0.25, 0.3) is 0 Å². The Bertz CT molecular complexity index is 874. The summed E-state index contributed by atoms with van der Waals surface area (Å²) in [6.45, 7) is 9.41. The molecule has 0 saturated carbocycles. The average Bonchev–Trinajstić information content (AvgIpc) is 2.88. The number of sulfonamides is 1. The van der Waals surface area contributed by atoms with E-state index in [9.17, 15) is 18.5 Å². The fourth-order valence-electron chi connectivity index (χ4n) is 5.02. The van der Waals surface area contributed by atoms with Gasteiger partial charge in [0.15, 0.2) is 0 Å². The predicted molar refractivity (Wildman–Crippen MR) is 118 cm³/mol. The van der Waals surface area contributed by atoms with E-state index in [1.54, 1.807) is 6.07 Å². The molecule has 168 valence electrons. The summed E-state index contributed by atoms with van der Waals surface area (Å²) in [4.78, 5) is 11.3. The normalized spacial score (nSPS) is 22.9. The van der Waals surface area contributed by atoms with Gasteiger partial charge in [-0.3, -0.25) is 10.1 Å². The topological polar surface area (TPSA) is 105 Å². The molecule has 0 bridgehead atoms. The van der Waals surface area contributed by atoms with Crippen LogP contribution in [0, 0.1) is 10.1 Å². The summed E-state index contributed by atoms with van der Waals surface area (Å²) in [6, 6.07) is 4.29. The van der Waals surface area contributed by atoms with Crippen LogP contribution in [0.3, 0.4) is 0 Å². The van der Waals surface area contributed by atoms with Gasteiger partial charge in [-0.05, 0) is 65.5 Å². The fourth-order valence-corrected chi connectivity index (χ4v) is 6.56. The molecule has 2 saturated heterocycles. The van der Waals surface area contributed by atoms with Gasteiger partial charge in [0.05, 0.1) is 9.82 Å². The van der Waals surface area contributed by atoms with E-state index in [2.05, 4.69) is 38.3 Å². The van der Waals surface area contributed by atoms with Crippen LogP contribution in [0.2, 0.25) is 0 Å². The van der Waals surface area contributed by atoms with Crippen LogP contribution in [0.5, 0.6) is 0 Å². The molecule has 2 heterocycles. The van der Waals surface area contributed by atoms with Crippen molar-refractivity contribution in [2.24, 2.45) is 0 Å². The standard InChI is InChI=1S/C21H34N4O4S/c1-20(2)14-16(15-21(3,4)23-20)22-18-10-9-17(13-19(18)25(26)27)30(28,29)24-11-7-5-6-8-12-24/h9-10,13,16,22-23H,5-8,11-12,14-15H2,1-4H3. The van der Waals surface area contributed by atoms with Crippen LogP contribution in [-0.2, 0) is 10.0 Å². The fraction of sp³-hybridized carbons (Fsp3) is 0.714. The van der Waals surface area contributed by atoms with E-state index in [4.69, 9.17) is 0 Å². The summed E-state index contributed by atoms with van der Waals surface area (Å²) in [5, 5.41) is 18.7. The lowest BCUT2D eigenvalue weighted by Crippen LogP contribution is -2.60. The van der Waals surface area contributed by atoms with Crippen LogP contribution in [0.15, 0.2) is 23.1 Å². The SMILES string of the molecule is CC1(C)CC(Nc2ccc(S(=O)(=O)N3CCCCCC3)cc2[N+](=O)[O-])CC(C)(C)N1. The lowest BCUT2D eigenvalue weighted by molar-refractivity contribution is -0.384. The summed E-state index contributed by atoms with van der Waals surface area (Å²) in [6.07, 6.45) is 5.28. The van der Waals surface area contributed by atoms with E-state index in [-0.39, 0.29) is 27.7 Å². The third-order valence-corrected chi connectivity index (χ3v) is 7.81. The van der Waals surface area contributed by atoms with Crippen molar-refractivity contribution in [3.63, 3.8) is 0 Å². The predicted octanol–water partition coefficient (Wildman–Crippen LogP) is 3.88. The lowest BCUT2D eigenvalue weighted by atomic mass is 9.79. The molecule has 0 aliphatic carbocycles. The highest BCUT2D eigenvalue weighted by molar-refractivity contribution is 7.89. The lowest BCUT2D eigenvalue weighted by Gasteiger charge is -2.46. The summed E-state index contributed by atoms with van der Waals surface area (Å²) in [5.41, 5.74) is -0.0394. The van der Waals surface area contributed by atoms with Gasteiger partial charge in [-0.15, -0.1) is 0 Å². The molecule has 2 fully saturated rings. The number of nitrogens with zero attached hydrogens (tertiary/aromatic N) is 2. The number of anilines is 1. The number of rotatable bonds is 5. The molecular weight excluding hydrogens is 404 g/mol. The van der Waals surface area contributed by atoms with Gasteiger partial charge in [-0.2, -0.15) is 4.31 Å². The van der Waals surface area contributed by atoms with E-state index in [0.717, 1.165) is 38.5 Å². The molecule has 2 aliphatic rings. The van der Waals surface area contributed by atoms with Crippen molar-refractivity contribution in [3.05, 3.63) is 28.3 Å². The molecule has 0 amide bonds. The van der Waals surface area contributed by atoms with E-state index in [0.29, 0.717) is 18.8 Å². The molecule has 3 rings (SSSR count). The van der Waals surface area contributed by atoms with Crippen LogP contribution < -0.4 is 10.6 Å². The van der Waals surface area contributed by atoms with Crippen molar-refractivity contribution in [2.75, 3.05) is 18.4 Å². The van der Waals surface area contributed by atoms with Crippen LogP contribution >= 0.6 is 0 Å². The maximum absolute atomic E-state index is 13.1. The highest BCUT2D eigenvalue weighted by Gasteiger charge is 2.38. The second kappa shape index (κ2) is 8.43. The number of nitro groups is 1. The zero-order valence-electron chi connectivity index (χ0n) is 18.4. The first kappa shape index (κ1) is 23.0. The van der Waals surface area contributed by atoms with E-state index in [1.807, 2.05) is 0 Å². The quantitative estimate of drug-likeness (QED) is 0.534. The van der Waals surface area contributed by atoms with Crippen LogP contribution in [0.4, 0.5) is 11.4 Å². The van der Waals surface area contributed by atoms with Gasteiger partial charge in [0.25, 0.3) is 5.69 Å². The molecule has 1 aromatic carbocycles.